The number of nitrogens with one attached hydrogen (secondary N) is 1. The van der Waals surface area contributed by atoms with Gasteiger partial charge in [0.1, 0.15) is 0 Å². The quantitative estimate of drug-likeness (QED) is 0.340. The van der Waals surface area contributed by atoms with E-state index in [-0.39, 0.29) is 41.0 Å². The molecule has 0 aromatic carbocycles. The molecule has 0 bridgehead atoms. The maximum absolute atomic E-state index is 12.6. The van der Waals surface area contributed by atoms with E-state index < -0.39 is 11.5 Å². The number of aromatic nitrogens is 6. The Morgan fingerprint density at radius 2 is 2.04 bits per heavy atom. The lowest BCUT2D eigenvalue weighted by atomic mass is 9.82. The molecule has 13 nitrogen and oxygen atoms in total. The number of nitrogens with zero attached hydrogens (tertiary/aromatic N) is 6. The summed E-state index contributed by atoms with van der Waals surface area (Å²) in [7, 11) is 0. The molecule has 1 saturated carbocycles. The molecule has 1 aliphatic carbocycles. The van der Waals surface area contributed by atoms with Crippen LogP contribution in [0.25, 0.3) is 0 Å². The van der Waals surface area contributed by atoms with Crippen molar-refractivity contribution in [2.45, 2.75) is 37.7 Å². The number of hydrogen-bond acceptors (Lipinski definition) is 10. The summed E-state index contributed by atoms with van der Waals surface area (Å²) in [4.78, 5) is 26.5. The molecule has 0 aliphatic heterocycles. The Morgan fingerprint density at radius 3 is 2.70 bits per heavy atom. The van der Waals surface area contributed by atoms with Crippen molar-refractivity contribution in [3.8, 4) is 0 Å². The molecule has 2 unspecified atom stereocenters. The average molecular weight is 399 g/mol. The highest BCUT2D eigenvalue weighted by Crippen LogP contribution is 2.37. The Bertz CT molecular complexity index is 895. The lowest BCUT2D eigenvalue weighted by Gasteiger charge is -2.31. The number of nitrogen functional groups attached to an aromatic ring is 2. The molecule has 2 aromatic heterocycles. The first-order valence-corrected chi connectivity index (χ1v) is 8.56. The minimum atomic E-state index is -0.769. The highest BCUT2D eigenvalue weighted by molar-refractivity contribution is 6.34. The summed E-state index contributed by atoms with van der Waals surface area (Å²) in [6.45, 7) is 0.00713. The molecule has 2 aromatic rings. The fraction of sp³-hybridized carbons (Fsp3) is 0.538. The van der Waals surface area contributed by atoms with E-state index >= 15 is 0 Å². The fourth-order valence-electron chi connectivity index (χ4n) is 3.20. The van der Waals surface area contributed by atoms with Gasteiger partial charge in [-0.15, -0.1) is 14.7 Å². The molecule has 1 amide bonds. The van der Waals surface area contributed by atoms with Crippen LogP contribution in [0.4, 0.5) is 5.95 Å². The first-order chi connectivity index (χ1) is 12.9. The molecule has 2 heterocycles. The van der Waals surface area contributed by atoms with Crippen molar-refractivity contribution in [2.24, 2.45) is 5.73 Å². The van der Waals surface area contributed by atoms with E-state index in [0.29, 0.717) is 17.6 Å². The first kappa shape index (κ1) is 19.0. The molecular weight excluding hydrogens is 380 g/mol. The molecule has 14 heteroatoms. The molecule has 3 rings (SSSR count). The van der Waals surface area contributed by atoms with E-state index in [0.717, 1.165) is 17.6 Å². The molecule has 7 N–H and O–H groups in total. The van der Waals surface area contributed by atoms with E-state index in [1.807, 2.05) is 0 Å². The second-order valence-corrected chi connectivity index (χ2v) is 6.37. The smallest absolute Gasteiger partial charge is 0.290 e. The van der Waals surface area contributed by atoms with Crippen molar-refractivity contribution in [3.05, 3.63) is 26.6 Å². The normalized spacial score (nSPS) is 19.8. The number of amides is 1. The first-order valence-electron chi connectivity index (χ1n) is 8.18. The summed E-state index contributed by atoms with van der Waals surface area (Å²) in [5.41, 5.74) is 4.82. The van der Waals surface area contributed by atoms with Crippen LogP contribution in [-0.4, -0.2) is 48.9 Å². The van der Waals surface area contributed by atoms with Gasteiger partial charge >= 0.3 is 0 Å². The Kier molecular flexibility index (Phi) is 5.53. The third-order valence-corrected chi connectivity index (χ3v) is 4.79. The largest absolute Gasteiger partial charge is 0.363 e. The number of carbonyl (C=O) groups is 1. The topological polar surface area (TPSA) is 195 Å². The number of nitrogens with two attached hydrogens (primary N) is 3. The van der Waals surface area contributed by atoms with E-state index in [1.54, 1.807) is 0 Å². The van der Waals surface area contributed by atoms with E-state index in [4.69, 9.17) is 33.8 Å². The van der Waals surface area contributed by atoms with Crippen LogP contribution < -0.4 is 28.3 Å². The zero-order valence-electron chi connectivity index (χ0n) is 14.2. The second-order valence-electron chi connectivity index (χ2n) is 5.99. The van der Waals surface area contributed by atoms with Crippen molar-refractivity contribution < 1.29 is 9.53 Å². The second kappa shape index (κ2) is 7.85. The molecular formula is C13H19ClN10O3. The van der Waals surface area contributed by atoms with Gasteiger partial charge in [0.05, 0.1) is 17.9 Å². The maximum atomic E-state index is 12.6. The summed E-state index contributed by atoms with van der Waals surface area (Å²) in [5, 5.41) is 16.3. The molecule has 146 valence electrons. The number of tetrazole rings is 1. The van der Waals surface area contributed by atoms with Crippen molar-refractivity contribution in [3.63, 3.8) is 0 Å². The maximum Gasteiger partial charge on any atom is 0.290 e. The lowest BCUT2D eigenvalue weighted by Crippen LogP contribution is -2.40. The number of rotatable bonds is 5. The van der Waals surface area contributed by atoms with Gasteiger partial charge in [-0.3, -0.25) is 14.9 Å². The number of carbonyl (C=O) groups excluding carboxylic acids is 1. The molecule has 2 atom stereocenters. The summed E-state index contributed by atoms with van der Waals surface area (Å²) in [5.74, 6) is 9.88. The summed E-state index contributed by atoms with van der Waals surface area (Å²) in [6, 6.07) is 0. The van der Waals surface area contributed by atoms with Crippen molar-refractivity contribution in [2.75, 3.05) is 23.7 Å². The minimum absolute atomic E-state index is 0.00713. The summed E-state index contributed by atoms with van der Waals surface area (Å²) >= 11 is 6.39. The average Bonchev–Trinajstić information content (AvgIpc) is 3.04. The highest BCUT2D eigenvalue weighted by atomic mass is 35.5. The van der Waals surface area contributed by atoms with E-state index in [9.17, 15) is 9.59 Å². The van der Waals surface area contributed by atoms with Crippen LogP contribution >= 0.6 is 11.6 Å². The standard InChI is InChI=1S/C13H19ClN10O3/c14-9-8(6-3-1-2-4-7(6)27-5-15)12(26)23(16)20-10(9)11(25)18-13-19-21-22-24(13)17/h6-7H,1-5,15-17H2,(H,18,19,22,25). The van der Waals surface area contributed by atoms with Gasteiger partial charge in [0.2, 0.25) is 0 Å². The van der Waals surface area contributed by atoms with Crippen molar-refractivity contribution in [1.82, 2.24) is 30.2 Å². The van der Waals surface area contributed by atoms with Crippen LogP contribution in [0.1, 0.15) is 47.7 Å². The van der Waals surface area contributed by atoms with Crippen LogP contribution in [0.5, 0.6) is 0 Å². The molecule has 0 radical (unpaired) electrons. The Labute approximate surface area is 157 Å². The number of hydrogen-bond donors (Lipinski definition) is 4. The van der Waals surface area contributed by atoms with Gasteiger partial charge in [-0.1, -0.05) is 29.5 Å². The molecule has 1 fully saturated rings. The molecule has 27 heavy (non-hydrogen) atoms. The predicted octanol–water partition coefficient (Wildman–Crippen LogP) is -1.48. The van der Waals surface area contributed by atoms with Crippen molar-refractivity contribution in [1.29, 1.82) is 0 Å². The monoisotopic (exact) mass is 398 g/mol. The number of ether oxygens (including phenoxy) is 1. The summed E-state index contributed by atoms with van der Waals surface area (Å²) in [6.07, 6.45) is 2.87. The summed E-state index contributed by atoms with van der Waals surface area (Å²) < 4.78 is 5.56. The van der Waals surface area contributed by atoms with Crippen molar-refractivity contribution >= 4 is 23.5 Å². The van der Waals surface area contributed by atoms with Gasteiger partial charge in [-0.2, -0.15) is 0 Å². The zero-order valence-corrected chi connectivity index (χ0v) is 15.0. The lowest BCUT2D eigenvalue weighted by molar-refractivity contribution is 0.0163. The van der Waals surface area contributed by atoms with Gasteiger partial charge in [-0.25, -0.2) is 0 Å². The van der Waals surface area contributed by atoms with E-state index in [2.05, 4.69) is 25.9 Å². The van der Waals surface area contributed by atoms with Crippen LogP contribution in [0.2, 0.25) is 5.02 Å². The zero-order chi connectivity index (χ0) is 19.6. The minimum Gasteiger partial charge on any atom is -0.363 e. The number of halogens is 1. The van der Waals surface area contributed by atoms with E-state index in [1.165, 1.54) is 0 Å². The van der Waals surface area contributed by atoms with Crippen LogP contribution in [0.3, 0.4) is 0 Å². The Hall–Kier alpha value is -2.77. The van der Waals surface area contributed by atoms with Gasteiger partial charge in [-0.05, 0) is 23.3 Å². The fourth-order valence-corrected chi connectivity index (χ4v) is 3.54. The van der Waals surface area contributed by atoms with Crippen LogP contribution in [0.15, 0.2) is 4.79 Å². The molecule has 0 saturated heterocycles. The Morgan fingerprint density at radius 1 is 1.30 bits per heavy atom. The molecule has 0 spiro atoms. The van der Waals surface area contributed by atoms with Gasteiger partial charge in [0.15, 0.2) is 5.69 Å². The SMILES string of the molecule is NCOC1CCCCC1c1c(Cl)c(C(=O)Nc2nnnn2N)nn(N)c1=O. The third-order valence-electron chi connectivity index (χ3n) is 4.41. The van der Waals surface area contributed by atoms with Crippen LogP contribution in [0, 0.1) is 0 Å². The van der Waals surface area contributed by atoms with Crippen LogP contribution in [-0.2, 0) is 4.74 Å². The number of anilines is 1. The van der Waals surface area contributed by atoms with Gasteiger partial charge in [0.25, 0.3) is 17.4 Å². The third kappa shape index (κ3) is 3.70. The highest BCUT2D eigenvalue weighted by Gasteiger charge is 2.34. The Balaban J connectivity index is 2.01. The molecule has 1 aliphatic rings. The van der Waals surface area contributed by atoms with Gasteiger partial charge < -0.3 is 22.2 Å². The predicted molar refractivity (Wildman–Crippen MR) is 94.7 cm³/mol. The van der Waals surface area contributed by atoms with Gasteiger partial charge in [0, 0.05) is 11.5 Å².